The van der Waals surface area contributed by atoms with E-state index in [1.165, 1.54) is 0 Å². The number of carbonyl (C=O) groups excluding carboxylic acids is 1. The summed E-state index contributed by atoms with van der Waals surface area (Å²) < 4.78 is 33.2. The first-order valence-electron chi connectivity index (χ1n) is 14.0. The standard InChI is InChI=1S/C30H38F2N4O2/c1-27(2,3)25-34-26(38-35-25)29-14-11-28(12-15-29,13-16-29)20-36(23-6-4-5-22(17-23)19-33)24(37)18-21-7-9-30(31,32)10-8-21/h4-6,17,21H,7-16,18,20H2,1-3H3. The molecule has 1 aromatic heterocycles. The van der Waals surface area contributed by atoms with Gasteiger partial charge in [0.1, 0.15) is 0 Å². The fourth-order valence-electron chi connectivity index (χ4n) is 6.63. The molecule has 0 saturated heterocycles. The molecule has 0 atom stereocenters. The van der Waals surface area contributed by atoms with Crippen molar-refractivity contribution in [3.63, 3.8) is 0 Å². The zero-order chi connectivity index (χ0) is 27.2. The Morgan fingerprint density at radius 1 is 1.11 bits per heavy atom. The molecule has 0 N–H and O–H groups in total. The van der Waals surface area contributed by atoms with E-state index in [1.807, 2.05) is 17.0 Å². The molecule has 4 aliphatic rings. The van der Waals surface area contributed by atoms with Gasteiger partial charge in [-0.25, -0.2) is 8.78 Å². The highest BCUT2D eigenvalue weighted by Gasteiger charge is 2.53. The van der Waals surface area contributed by atoms with Gasteiger partial charge in [-0.15, -0.1) is 0 Å². The lowest BCUT2D eigenvalue weighted by molar-refractivity contribution is -0.121. The Morgan fingerprint density at radius 2 is 1.76 bits per heavy atom. The fraction of sp³-hybridized carbons (Fsp3) is 0.667. The Balaban J connectivity index is 1.33. The predicted molar refractivity (Wildman–Crippen MR) is 140 cm³/mol. The number of anilines is 1. The van der Waals surface area contributed by atoms with Crippen LogP contribution in [0.1, 0.15) is 109 Å². The van der Waals surface area contributed by atoms with E-state index in [1.54, 1.807) is 12.1 Å². The zero-order valence-corrected chi connectivity index (χ0v) is 22.7. The summed E-state index contributed by atoms with van der Waals surface area (Å²) in [5, 5.41) is 13.7. The van der Waals surface area contributed by atoms with Crippen molar-refractivity contribution in [1.82, 2.24) is 10.1 Å². The molecule has 38 heavy (non-hydrogen) atoms. The number of halogens is 2. The molecule has 6 rings (SSSR count). The Kier molecular flexibility index (Phi) is 6.86. The van der Waals surface area contributed by atoms with Crippen LogP contribution in [0.3, 0.4) is 0 Å². The van der Waals surface area contributed by atoms with Crippen molar-refractivity contribution in [2.45, 2.75) is 108 Å². The Hall–Kier alpha value is -2.82. The first-order valence-corrected chi connectivity index (χ1v) is 14.0. The maximum Gasteiger partial charge on any atom is 0.248 e. The molecule has 8 heteroatoms. The van der Waals surface area contributed by atoms with Crippen LogP contribution in [0.25, 0.3) is 0 Å². The molecular weight excluding hydrogens is 486 g/mol. The van der Waals surface area contributed by atoms with Crippen LogP contribution in [0.2, 0.25) is 0 Å². The lowest BCUT2D eigenvalue weighted by Crippen LogP contribution is -2.51. The summed E-state index contributed by atoms with van der Waals surface area (Å²) in [5.41, 5.74) is 0.942. The number of benzene rings is 1. The molecule has 4 aliphatic carbocycles. The summed E-state index contributed by atoms with van der Waals surface area (Å²) in [7, 11) is 0. The SMILES string of the molecule is CC(C)(C)c1noc(C23CCC(CN(C(=O)CC4CCC(F)(F)CC4)c4cccc(C#N)c4)(CC2)CC3)n1. The highest BCUT2D eigenvalue weighted by molar-refractivity contribution is 5.93. The second-order valence-electron chi connectivity index (χ2n) is 13.1. The number of rotatable bonds is 6. The van der Waals surface area contributed by atoms with Gasteiger partial charge < -0.3 is 9.42 Å². The molecule has 2 aromatic rings. The maximum atomic E-state index is 13.7. The van der Waals surface area contributed by atoms with E-state index in [-0.39, 0.29) is 47.3 Å². The zero-order valence-electron chi connectivity index (χ0n) is 22.7. The molecule has 1 amide bonds. The number of amides is 1. The van der Waals surface area contributed by atoms with Crippen molar-refractivity contribution in [3.05, 3.63) is 41.5 Å². The number of nitriles is 1. The third-order valence-electron chi connectivity index (χ3n) is 9.33. The predicted octanol–water partition coefficient (Wildman–Crippen LogP) is 7.08. The molecule has 0 aliphatic heterocycles. The van der Waals surface area contributed by atoms with Gasteiger partial charge in [-0.3, -0.25) is 4.79 Å². The summed E-state index contributed by atoms with van der Waals surface area (Å²) in [6, 6.07) is 9.37. The van der Waals surface area contributed by atoms with E-state index < -0.39 is 5.92 Å². The normalized spacial score (nSPS) is 27.2. The van der Waals surface area contributed by atoms with Crippen molar-refractivity contribution >= 4 is 11.6 Å². The van der Waals surface area contributed by atoms with Gasteiger partial charge in [0.05, 0.1) is 11.6 Å². The average Bonchev–Trinajstić information content (AvgIpc) is 3.42. The summed E-state index contributed by atoms with van der Waals surface area (Å²) in [5.74, 6) is -1.18. The topological polar surface area (TPSA) is 83.0 Å². The number of hydrogen-bond donors (Lipinski definition) is 0. The molecule has 1 aromatic carbocycles. The number of hydrogen-bond acceptors (Lipinski definition) is 5. The first-order chi connectivity index (χ1) is 17.9. The largest absolute Gasteiger partial charge is 0.339 e. The molecule has 0 spiro atoms. The first kappa shape index (κ1) is 26.8. The van der Waals surface area contributed by atoms with Crippen LogP contribution in [0.15, 0.2) is 28.8 Å². The smallest absolute Gasteiger partial charge is 0.248 e. The van der Waals surface area contributed by atoms with Crippen LogP contribution in [0, 0.1) is 22.7 Å². The molecule has 0 radical (unpaired) electrons. The molecule has 2 bridgehead atoms. The molecular formula is C30H38F2N4O2. The number of nitrogens with zero attached hydrogens (tertiary/aromatic N) is 4. The maximum absolute atomic E-state index is 13.7. The highest BCUT2D eigenvalue weighted by atomic mass is 19.3. The van der Waals surface area contributed by atoms with Crippen molar-refractivity contribution in [2.24, 2.45) is 11.3 Å². The van der Waals surface area contributed by atoms with Gasteiger partial charge in [-0.1, -0.05) is 32.0 Å². The molecule has 1 heterocycles. The lowest BCUT2D eigenvalue weighted by atomic mass is 9.53. The van der Waals surface area contributed by atoms with Crippen molar-refractivity contribution in [1.29, 1.82) is 5.26 Å². The number of fused-ring (bicyclic) bond motifs is 3. The minimum atomic E-state index is -2.61. The van der Waals surface area contributed by atoms with Crippen LogP contribution in [-0.4, -0.2) is 28.5 Å². The van der Waals surface area contributed by atoms with Crippen molar-refractivity contribution in [3.8, 4) is 6.07 Å². The summed E-state index contributed by atoms with van der Waals surface area (Å²) in [6.45, 7) is 6.82. The number of alkyl halides is 2. The Labute approximate surface area is 223 Å². The van der Waals surface area contributed by atoms with Gasteiger partial charge >= 0.3 is 0 Å². The van der Waals surface area contributed by atoms with Gasteiger partial charge in [0, 0.05) is 42.3 Å². The fourth-order valence-corrected chi connectivity index (χ4v) is 6.63. The second kappa shape index (κ2) is 9.73. The molecule has 204 valence electrons. The van der Waals surface area contributed by atoms with E-state index in [0.717, 1.165) is 55.9 Å². The van der Waals surface area contributed by atoms with E-state index in [4.69, 9.17) is 9.51 Å². The monoisotopic (exact) mass is 524 g/mol. The van der Waals surface area contributed by atoms with E-state index in [0.29, 0.717) is 24.9 Å². The minimum Gasteiger partial charge on any atom is -0.339 e. The van der Waals surface area contributed by atoms with Crippen LogP contribution in [0.5, 0.6) is 0 Å². The van der Waals surface area contributed by atoms with Gasteiger partial charge in [-0.05, 0) is 80.9 Å². The van der Waals surface area contributed by atoms with Crippen LogP contribution >= 0.6 is 0 Å². The minimum absolute atomic E-state index is 0.0213. The van der Waals surface area contributed by atoms with E-state index in [9.17, 15) is 18.8 Å². The number of aromatic nitrogens is 2. The Morgan fingerprint density at radius 3 is 2.34 bits per heavy atom. The highest BCUT2D eigenvalue weighted by Crippen LogP contribution is 2.58. The van der Waals surface area contributed by atoms with Gasteiger partial charge in [0.15, 0.2) is 5.82 Å². The van der Waals surface area contributed by atoms with Crippen LogP contribution < -0.4 is 4.90 Å². The average molecular weight is 525 g/mol. The Bertz CT molecular complexity index is 1190. The van der Waals surface area contributed by atoms with Crippen molar-refractivity contribution in [2.75, 3.05) is 11.4 Å². The van der Waals surface area contributed by atoms with Gasteiger partial charge in [0.2, 0.25) is 17.7 Å². The van der Waals surface area contributed by atoms with Crippen LogP contribution in [-0.2, 0) is 15.6 Å². The summed E-state index contributed by atoms with van der Waals surface area (Å²) in [4.78, 5) is 20.4. The third-order valence-corrected chi connectivity index (χ3v) is 9.33. The molecule has 4 fully saturated rings. The van der Waals surface area contributed by atoms with Gasteiger partial charge in [0.25, 0.3) is 0 Å². The second-order valence-corrected chi connectivity index (χ2v) is 13.1. The molecule has 4 saturated carbocycles. The van der Waals surface area contributed by atoms with Crippen LogP contribution in [0.4, 0.5) is 14.5 Å². The molecule has 6 nitrogen and oxygen atoms in total. The van der Waals surface area contributed by atoms with Gasteiger partial charge in [-0.2, -0.15) is 10.2 Å². The summed E-state index contributed by atoms with van der Waals surface area (Å²) >= 11 is 0. The third kappa shape index (κ3) is 5.34. The quantitative estimate of drug-likeness (QED) is 0.403. The molecule has 0 unspecified atom stereocenters. The van der Waals surface area contributed by atoms with E-state index >= 15 is 0 Å². The summed E-state index contributed by atoms with van der Waals surface area (Å²) in [6.07, 6.45) is 6.42. The number of carbonyl (C=O) groups is 1. The van der Waals surface area contributed by atoms with E-state index in [2.05, 4.69) is 32.0 Å². The lowest BCUT2D eigenvalue weighted by Gasteiger charge is -2.53. The van der Waals surface area contributed by atoms with Crippen molar-refractivity contribution < 1.29 is 18.1 Å².